The fourth-order valence-corrected chi connectivity index (χ4v) is 7.20. The van der Waals surface area contributed by atoms with Crippen LogP contribution in [0.2, 0.25) is 0 Å². The lowest BCUT2D eigenvalue weighted by Crippen LogP contribution is -2.58. The van der Waals surface area contributed by atoms with Crippen molar-refractivity contribution in [3.8, 4) is 6.07 Å². The molecule has 46 heavy (non-hydrogen) atoms. The second-order valence-corrected chi connectivity index (χ2v) is 16.0. The van der Waals surface area contributed by atoms with Crippen LogP contribution in [-0.4, -0.2) is 58.3 Å². The van der Waals surface area contributed by atoms with Crippen molar-refractivity contribution >= 4 is 34.4 Å². The quantitative estimate of drug-likeness (QED) is 0.190. The molecule has 2 amide bonds. The molecule has 3 atom stereocenters. The Labute approximate surface area is 283 Å². The predicted octanol–water partition coefficient (Wildman–Crippen LogP) is 8.48. The van der Waals surface area contributed by atoms with Crippen LogP contribution in [0.1, 0.15) is 138 Å². The van der Waals surface area contributed by atoms with E-state index in [0.717, 1.165) is 51.7 Å². The van der Waals surface area contributed by atoms with Gasteiger partial charge in [0.1, 0.15) is 0 Å². The average Bonchev–Trinajstić information content (AvgIpc) is 3.42. The van der Waals surface area contributed by atoms with Crippen molar-refractivity contribution in [1.82, 2.24) is 15.0 Å². The van der Waals surface area contributed by atoms with E-state index in [-0.39, 0.29) is 22.5 Å². The summed E-state index contributed by atoms with van der Waals surface area (Å²) in [5.41, 5.74) is 0.535. The first-order chi connectivity index (χ1) is 21.5. The average molecular weight is 656 g/mol. The molecule has 1 N–H and O–H groups in total. The maximum Gasteiger partial charge on any atom is 0.275 e. The van der Waals surface area contributed by atoms with Crippen molar-refractivity contribution in [2.45, 2.75) is 139 Å². The van der Waals surface area contributed by atoms with Gasteiger partial charge < -0.3 is 10.0 Å². The van der Waals surface area contributed by atoms with Crippen LogP contribution in [0.4, 0.5) is 5.13 Å². The number of unbranched alkanes of at least 4 members (excludes halogenated alkanes) is 2. The minimum absolute atomic E-state index is 0.0477. The molecule has 8 nitrogen and oxygen atoms in total. The van der Waals surface area contributed by atoms with Gasteiger partial charge in [-0.05, 0) is 43.3 Å². The van der Waals surface area contributed by atoms with E-state index < -0.39 is 17.6 Å². The van der Waals surface area contributed by atoms with Crippen molar-refractivity contribution in [2.24, 2.45) is 17.3 Å². The van der Waals surface area contributed by atoms with E-state index in [4.69, 9.17) is 4.98 Å². The fourth-order valence-electron chi connectivity index (χ4n) is 5.96. The summed E-state index contributed by atoms with van der Waals surface area (Å²) in [6, 6.07) is 2.10. The minimum atomic E-state index is -1.55. The predicted molar refractivity (Wildman–Crippen MR) is 191 cm³/mol. The van der Waals surface area contributed by atoms with Gasteiger partial charge >= 0.3 is 0 Å². The number of hydrogen-bond donors (Lipinski definition) is 1. The Hall–Kier alpha value is -2.70. The summed E-state index contributed by atoms with van der Waals surface area (Å²) >= 11 is 1.59. The van der Waals surface area contributed by atoms with Gasteiger partial charge in [-0.3, -0.25) is 14.6 Å². The molecule has 0 aromatic carbocycles. The molecule has 2 rings (SSSR count). The van der Waals surface area contributed by atoms with E-state index in [9.17, 15) is 20.0 Å². The summed E-state index contributed by atoms with van der Waals surface area (Å²) < 4.78 is 0. The number of aromatic nitrogens is 1. The number of aliphatic hydroxyl groups is 1. The number of thiazole rings is 1. The van der Waals surface area contributed by atoms with E-state index in [1.807, 2.05) is 6.08 Å². The van der Waals surface area contributed by atoms with Gasteiger partial charge in [0, 0.05) is 36.5 Å². The molecule has 0 spiro atoms. The fraction of sp³-hybridized carbons (Fsp3) is 0.730. The number of rotatable bonds is 15. The van der Waals surface area contributed by atoms with Gasteiger partial charge in [-0.25, -0.2) is 9.99 Å². The lowest BCUT2D eigenvalue weighted by Gasteiger charge is -2.41. The second kappa shape index (κ2) is 16.9. The number of hydrogen-bond acceptors (Lipinski definition) is 7. The van der Waals surface area contributed by atoms with E-state index in [0.29, 0.717) is 17.4 Å². The molecule has 1 aromatic heterocycles. The van der Waals surface area contributed by atoms with Crippen LogP contribution < -0.4 is 4.90 Å². The Morgan fingerprint density at radius 2 is 1.57 bits per heavy atom. The van der Waals surface area contributed by atoms with Crippen molar-refractivity contribution in [3.05, 3.63) is 27.3 Å². The van der Waals surface area contributed by atoms with Gasteiger partial charge in [-0.15, -0.1) is 0 Å². The number of hydrazine groups is 1. The first kappa shape index (κ1) is 39.5. The lowest BCUT2D eigenvalue weighted by atomic mass is 9.89. The van der Waals surface area contributed by atoms with Gasteiger partial charge in [0.2, 0.25) is 5.91 Å². The summed E-state index contributed by atoms with van der Waals surface area (Å²) in [7, 11) is 1.47. The first-order valence-corrected chi connectivity index (χ1v) is 18.2. The molecule has 2 heterocycles. The third-order valence-corrected chi connectivity index (χ3v) is 10.1. The highest BCUT2D eigenvalue weighted by atomic mass is 32.1. The van der Waals surface area contributed by atoms with Crippen LogP contribution in [-0.2, 0) is 15.0 Å². The molecule has 0 fully saturated rings. The topological polar surface area (TPSA) is 101 Å². The molecule has 3 unspecified atom stereocenters. The lowest BCUT2D eigenvalue weighted by molar-refractivity contribution is -0.180. The Morgan fingerprint density at radius 3 is 1.98 bits per heavy atom. The number of anilines is 1. The van der Waals surface area contributed by atoms with E-state index in [2.05, 4.69) is 59.4 Å². The summed E-state index contributed by atoms with van der Waals surface area (Å²) in [4.78, 5) is 35.9. The van der Waals surface area contributed by atoms with Crippen LogP contribution in [0.5, 0.6) is 0 Å². The van der Waals surface area contributed by atoms with Crippen molar-refractivity contribution < 1.29 is 14.7 Å². The molecule has 0 radical (unpaired) electrons. The first-order valence-electron chi connectivity index (χ1n) is 17.3. The Bertz CT molecular complexity index is 1280. The van der Waals surface area contributed by atoms with Gasteiger partial charge in [-0.1, -0.05) is 119 Å². The summed E-state index contributed by atoms with van der Waals surface area (Å²) in [6.07, 6.45) is 9.68. The second-order valence-electron chi connectivity index (χ2n) is 15.0. The van der Waals surface area contributed by atoms with Gasteiger partial charge in [0.05, 0.1) is 22.2 Å². The summed E-state index contributed by atoms with van der Waals surface area (Å²) in [6.45, 7) is 24.3. The van der Waals surface area contributed by atoms with E-state index in [1.165, 1.54) is 45.6 Å². The maximum absolute atomic E-state index is 14.1. The third-order valence-electron chi connectivity index (χ3n) is 9.06. The summed E-state index contributed by atoms with van der Waals surface area (Å²) in [5, 5.41) is 24.3. The van der Waals surface area contributed by atoms with Gasteiger partial charge in [-0.2, -0.15) is 5.26 Å². The van der Waals surface area contributed by atoms with Crippen LogP contribution in [0.25, 0.3) is 6.08 Å². The van der Waals surface area contributed by atoms with Crippen LogP contribution >= 0.6 is 11.3 Å². The molecule has 258 valence electrons. The normalized spacial score (nSPS) is 18.2. The molecule has 1 aliphatic heterocycles. The minimum Gasteiger partial charge on any atom is -0.367 e. The molecular formula is C37H61N5O3S. The molecule has 1 aliphatic rings. The third kappa shape index (κ3) is 9.67. The zero-order valence-electron chi connectivity index (χ0n) is 30.8. The van der Waals surface area contributed by atoms with Gasteiger partial charge in [0.25, 0.3) is 5.91 Å². The Kier molecular flexibility index (Phi) is 14.5. The monoisotopic (exact) mass is 655 g/mol. The maximum atomic E-state index is 14.1. The molecule has 9 heteroatoms. The standard InChI is InChI=1S/C37H61N5O3S/c1-13-17-19-26(15-3)23-41(24-27(16-4)20-18-14-2)35-39-31(36(6,7)8)30(46-35)21-28-25(5)29(22-38)33(44)42(32(28)43)40(12)34(45)37(9,10)11/h21,26-27,33,44H,13-20,23-24H2,1-12H3/b28-21-. The molecule has 0 saturated carbocycles. The Balaban J connectivity index is 2.74. The zero-order chi connectivity index (χ0) is 35.0. The zero-order valence-corrected chi connectivity index (χ0v) is 31.6. The Morgan fingerprint density at radius 1 is 1.04 bits per heavy atom. The van der Waals surface area contributed by atoms with Crippen molar-refractivity contribution in [2.75, 3.05) is 25.0 Å². The van der Waals surface area contributed by atoms with Crippen molar-refractivity contribution in [1.29, 1.82) is 5.26 Å². The molecule has 1 aromatic rings. The van der Waals surface area contributed by atoms with Crippen LogP contribution in [0, 0.1) is 28.6 Å². The van der Waals surface area contributed by atoms with Gasteiger partial charge in [0.15, 0.2) is 11.4 Å². The molecule has 0 saturated heterocycles. The number of nitrogens with zero attached hydrogens (tertiary/aromatic N) is 5. The molecule has 0 aliphatic carbocycles. The molecule has 0 bridgehead atoms. The molecular weight excluding hydrogens is 595 g/mol. The number of aliphatic hydroxyl groups excluding tert-OH is 1. The van der Waals surface area contributed by atoms with E-state index >= 15 is 0 Å². The van der Waals surface area contributed by atoms with Crippen LogP contribution in [0.3, 0.4) is 0 Å². The van der Waals surface area contributed by atoms with E-state index in [1.54, 1.807) is 39.0 Å². The number of carbonyl (C=O) groups is 2. The summed E-state index contributed by atoms with van der Waals surface area (Å²) in [5.74, 6) is 0.277. The van der Waals surface area contributed by atoms with Crippen LogP contribution in [0.15, 0.2) is 16.7 Å². The number of amides is 2. The number of nitriles is 1. The largest absolute Gasteiger partial charge is 0.367 e. The SMILES string of the molecule is CCCCC(CC)CN(CC(CC)CCCC)c1nc(C(C)(C)C)c(/C=C2\C(=O)N(N(C)C(=O)C(C)(C)C)C(O)C(C#N)=C2C)s1. The number of carbonyl (C=O) groups excluding carboxylic acids is 2. The van der Waals surface area contributed by atoms with Crippen molar-refractivity contribution in [3.63, 3.8) is 0 Å². The highest BCUT2D eigenvalue weighted by Gasteiger charge is 2.42. The smallest absolute Gasteiger partial charge is 0.275 e. The highest BCUT2D eigenvalue weighted by Crippen LogP contribution is 2.39. The highest BCUT2D eigenvalue weighted by molar-refractivity contribution is 7.16.